The number of likely N-dealkylation sites (N-methyl/N-ethyl adjacent to an activating group) is 1. The molecule has 3 heterocycles. The largest absolute Gasteiger partial charge is 0.379 e. The van der Waals surface area contributed by atoms with Gasteiger partial charge in [0.2, 0.25) is 0 Å². The monoisotopic (exact) mass is 274 g/mol. The highest BCUT2D eigenvalue weighted by Gasteiger charge is 2.33. The maximum atomic E-state index is 5.67. The summed E-state index contributed by atoms with van der Waals surface area (Å²) in [6, 6.07) is 4.34. The number of hydrogen-bond acceptors (Lipinski definition) is 4. The van der Waals surface area contributed by atoms with Crippen LogP contribution in [0.2, 0.25) is 0 Å². The van der Waals surface area contributed by atoms with Crippen LogP contribution in [0.3, 0.4) is 0 Å². The molecule has 1 fully saturated rings. The summed E-state index contributed by atoms with van der Waals surface area (Å²) in [7, 11) is 0. The molecule has 5 heteroatoms. The zero-order valence-electron chi connectivity index (χ0n) is 12.2. The van der Waals surface area contributed by atoms with Crippen LogP contribution in [-0.4, -0.2) is 40.3 Å². The number of rotatable bonds is 5. The highest BCUT2D eigenvalue weighted by molar-refractivity contribution is 5.71. The zero-order chi connectivity index (χ0) is 13.9. The van der Waals surface area contributed by atoms with Crippen LogP contribution in [0.15, 0.2) is 18.3 Å². The summed E-state index contributed by atoms with van der Waals surface area (Å²) in [5.41, 5.74) is 1.98. The SMILES string of the molecule is CCCn1c(C2COCC2NCC)nc2cccnc21. The molecule has 2 unspecified atom stereocenters. The summed E-state index contributed by atoms with van der Waals surface area (Å²) in [5, 5.41) is 3.51. The fourth-order valence-corrected chi connectivity index (χ4v) is 2.98. The molecule has 2 aromatic heterocycles. The Morgan fingerprint density at radius 1 is 1.40 bits per heavy atom. The van der Waals surface area contributed by atoms with E-state index >= 15 is 0 Å². The summed E-state index contributed by atoms with van der Waals surface area (Å²) in [6.45, 7) is 7.73. The topological polar surface area (TPSA) is 52.0 Å². The van der Waals surface area contributed by atoms with Gasteiger partial charge in [-0.25, -0.2) is 9.97 Å². The second-order valence-corrected chi connectivity index (χ2v) is 5.28. The van der Waals surface area contributed by atoms with E-state index < -0.39 is 0 Å². The van der Waals surface area contributed by atoms with E-state index in [9.17, 15) is 0 Å². The fourth-order valence-electron chi connectivity index (χ4n) is 2.98. The molecule has 108 valence electrons. The average molecular weight is 274 g/mol. The summed E-state index contributed by atoms with van der Waals surface area (Å²) < 4.78 is 7.93. The van der Waals surface area contributed by atoms with Crippen molar-refractivity contribution in [3.8, 4) is 0 Å². The molecule has 2 atom stereocenters. The molecule has 1 aliphatic rings. The zero-order valence-corrected chi connectivity index (χ0v) is 12.2. The van der Waals surface area contributed by atoms with Crippen molar-refractivity contribution in [2.75, 3.05) is 19.8 Å². The molecule has 0 spiro atoms. The van der Waals surface area contributed by atoms with Crippen molar-refractivity contribution in [3.63, 3.8) is 0 Å². The van der Waals surface area contributed by atoms with Gasteiger partial charge in [-0.2, -0.15) is 0 Å². The third-order valence-corrected chi connectivity index (χ3v) is 3.86. The predicted octanol–water partition coefficient (Wildman–Crippen LogP) is 1.93. The number of aryl methyl sites for hydroxylation is 1. The summed E-state index contributed by atoms with van der Waals surface area (Å²) >= 11 is 0. The Labute approximate surface area is 119 Å². The van der Waals surface area contributed by atoms with Crippen molar-refractivity contribution < 1.29 is 4.74 Å². The quantitative estimate of drug-likeness (QED) is 0.905. The Morgan fingerprint density at radius 2 is 2.30 bits per heavy atom. The van der Waals surface area contributed by atoms with E-state index in [4.69, 9.17) is 9.72 Å². The van der Waals surface area contributed by atoms with Gasteiger partial charge in [0, 0.05) is 18.8 Å². The number of nitrogens with zero attached hydrogens (tertiary/aromatic N) is 3. The van der Waals surface area contributed by atoms with Gasteiger partial charge < -0.3 is 14.6 Å². The highest BCUT2D eigenvalue weighted by Crippen LogP contribution is 2.28. The molecular formula is C15H22N4O. The van der Waals surface area contributed by atoms with Gasteiger partial charge in [0.05, 0.1) is 19.1 Å². The Kier molecular flexibility index (Phi) is 3.98. The van der Waals surface area contributed by atoms with Crippen molar-refractivity contribution in [3.05, 3.63) is 24.2 Å². The lowest BCUT2D eigenvalue weighted by Gasteiger charge is -2.19. The van der Waals surface area contributed by atoms with E-state index in [2.05, 4.69) is 28.7 Å². The number of nitrogens with one attached hydrogen (secondary N) is 1. The first-order valence-corrected chi connectivity index (χ1v) is 7.47. The smallest absolute Gasteiger partial charge is 0.159 e. The minimum Gasteiger partial charge on any atom is -0.379 e. The molecule has 0 saturated carbocycles. The van der Waals surface area contributed by atoms with Crippen molar-refractivity contribution in [2.24, 2.45) is 0 Å². The average Bonchev–Trinajstić information content (AvgIpc) is 3.05. The van der Waals surface area contributed by atoms with Crippen LogP contribution in [-0.2, 0) is 11.3 Å². The normalized spacial score (nSPS) is 22.7. The van der Waals surface area contributed by atoms with E-state index in [0.717, 1.165) is 49.7 Å². The standard InChI is InChI=1S/C15H22N4O/c1-3-8-19-14(11-9-20-10-13(11)16-4-2)18-12-6-5-7-17-15(12)19/h5-7,11,13,16H,3-4,8-10H2,1-2H3. The van der Waals surface area contributed by atoms with Gasteiger partial charge in [-0.1, -0.05) is 13.8 Å². The van der Waals surface area contributed by atoms with Gasteiger partial charge in [0.15, 0.2) is 5.65 Å². The van der Waals surface area contributed by atoms with Gasteiger partial charge in [-0.3, -0.25) is 0 Å². The van der Waals surface area contributed by atoms with E-state index in [1.165, 1.54) is 0 Å². The molecule has 20 heavy (non-hydrogen) atoms. The van der Waals surface area contributed by atoms with Crippen LogP contribution >= 0.6 is 0 Å². The molecule has 2 aromatic rings. The lowest BCUT2D eigenvalue weighted by atomic mass is 10.0. The van der Waals surface area contributed by atoms with Crippen molar-refractivity contribution >= 4 is 11.2 Å². The lowest BCUT2D eigenvalue weighted by molar-refractivity contribution is 0.187. The maximum Gasteiger partial charge on any atom is 0.159 e. The molecule has 0 aromatic carbocycles. The van der Waals surface area contributed by atoms with Gasteiger partial charge in [0.25, 0.3) is 0 Å². The van der Waals surface area contributed by atoms with E-state index in [-0.39, 0.29) is 0 Å². The van der Waals surface area contributed by atoms with E-state index in [1.54, 1.807) is 0 Å². The first kappa shape index (κ1) is 13.5. The van der Waals surface area contributed by atoms with Crippen molar-refractivity contribution in [2.45, 2.75) is 38.8 Å². The minimum atomic E-state index is 0.315. The Bertz CT molecular complexity index is 580. The molecule has 1 N–H and O–H groups in total. The van der Waals surface area contributed by atoms with E-state index in [1.807, 2.05) is 18.3 Å². The third kappa shape index (κ3) is 2.31. The lowest BCUT2D eigenvalue weighted by Crippen LogP contribution is -2.35. The minimum absolute atomic E-state index is 0.315. The number of fused-ring (bicyclic) bond motifs is 1. The summed E-state index contributed by atoms with van der Waals surface area (Å²) in [6.07, 6.45) is 2.92. The number of aromatic nitrogens is 3. The molecule has 1 saturated heterocycles. The number of ether oxygens (including phenoxy) is 1. The second-order valence-electron chi connectivity index (χ2n) is 5.28. The van der Waals surface area contributed by atoms with Crippen molar-refractivity contribution in [1.82, 2.24) is 19.9 Å². The molecule has 0 aliphatic carbocycles. The number of pyridine rings is 1. The first-order valence-electron chi connectivity index (χ1n) is 7.47. The highest BCUT2D eigenvalue weighted by atomic mass is 16.5. The van der Waals surface area contributed by atoms with Gasteiger partial charge in [-0.05, 0) is 25.1 Å². The molecule has 5 nitrogen and oxygen atoms in total. The fraction of sp³-hybridized carbons (Fsp3) is 0.600. The Morgan fingerprint density at radius 3 is 3.10 bits per heavy atom. The summed E-state index contributed by atoms with van der Waals surface area (Å²) in [5.74, 6) is 1.43. The van der Waals surface area contributed by atoms with Crippen LogP contribution < -0.4 is 5.32 Å². The molecule has 3 rings (SSSR count). The van der Waals surface area contributed by atoms with Gasteiger partial charge in [-0.15, -0.1) is 0 Å². The third-order valence-electron chi connectivity index (χ3n) is 3.86. The molecule has 0 amide bonds. The van der Waals surface area contributed by atoms with Crippen LogP contribution in [0, 0.1) is 0 Å². The summed E-state index contributed by atoms with van der Waals surface area (Å²) in [4.78, 5) is 9.33. The molecule has 1 aliphatic heterocycles. The Hall–Kier alpha value is -1.46. The van der Waals surface area contributed by atoms with Crippen LogP contribution in [0.5, 0.6) is 0 Å². The first-order chi connectivity index (χ1) is 9.85. The number of imidazole rings is 1. The van der Waals surface area contributed by atoms with Crippen LogP contribution in [0.1, 0.15) is 32.0 Å². The van der Waals surface area contributed by atoms with Crippen molar-refractivity contribution in [1.29, 1.82) is 0 Å². The molecule has 0 radical (unpaired) electrons. The Balaban J connectivity index is 2.03. The van der Waals surface area contributed by atoms with Gasteiger partial charge >= 0.3 is 0 Å². The molecular weight excluding hydrogens is 252 g/mol. The predicted molar refractivity (Wildman–Crippen MR) is 78.8 cm³/mol. The van der Waals surface area contributed by atoms with Gasteiger partial charge in [0.1, 0.15) is 11.3 Å². The number of hydrogen-bond donors (Lipinski definition) is 1. The van der Waals surface area contributed by atoms with Crippen LogP contribution in [0.4, 0.5) is 0 Å². The second kappa shape index (κ2) is 5.89. The van der Waals surface area contributed by atoms with Crippen LogP contribution in [0.25, 0.3) is 11.2 Å². The maximum absolute atomic E-state index is 5.67. The van der Waals surface area contributed by atoms with E-state index in [0.29, 0.717) is 12.0 Å². The molecule has 0 bridgehead atoms.